The van der Waals surface area contributed by atoms with E-state index in [4.69, 9.17) is 10.5 Å². The molecule has 0 saturated heterocycles. The largest absolute Gasteiger partial charge is 0.437 e. The topological polar surface area (TPSA) is 53.1 Å². The van der Waals surface area contributed by atoms with E-state index in [0.29, 0.717) is 16.1 Å². The summed E-state index contributed by atoms with van der Waals surface area (Å²) in [6, 6.07) is 4.48. The molecule has 0 aliphatic heterocycles. The third kappa shape index (κ3) is 2.41. The quantitative estimate of drug-likeness (QED) is 0.867. The number of nitrogen functional groups attached to an aromatic ring is 1. The average molecular weight is 300 g/mol. The van der Waals surface area contributed by atoms with Crippen molar-refractivity contribution in [3.05, 3.63) is 34.2 Å². The predicted octanol–water partition coefficient (Wildman–Crippen LogP) is 3.00. The lowest BCUT2D eigenvalue weighted by atomic mass is 10.3. The minimum absolute atomic E-state index is 0.240. The van der Waals surface area contributed by atoms with Crippen molar-refractivity contribution in [2.75, 3.05) is 5.73 Å². The van der Waals surface area contributed by atoms with Gasteiger partial charge in [-0.3, -0.25) is 0 Å². The highest BCUT2D eigenvalue weighted by Gasteiger charge is 2.10. The third-order valence-corrected chi connectivity index (χ3v) is 2.83. The van der Waals surface area contributed by atoms with Crippen LogP contribution >= 0.6 is 15.9 Å². The number of rotatable bonds is 2. The van der Waals surface area contributed by atoms with E-state index in [1.54, 1.807) is 17.8 Å². The second-order valence-electron chi connectivity index (χ2n) is 3.65. The van der Waals surface area contributed by atoms with Crippen LogP contribution in [0, 0.1) is 12.7 Å². The number of halogens is 2. The molecule has 1 aromatic heterocycles. The monoisotopic (exact) mass is 299 g/mol. The molecule has 0 bridgehead atoms. The first-order valence-electron chi connectivity index (χ1n) is 4.90. The molecule has 0 radical (unpaired) electrons. The highest BCUT2D eigenvalue weighted by molar-refractivity contribution is 9.10. The van der Waals surface area contributed by atoms with Crippen molar-refractivity contribution in [1.82, 2.24) is 9.78 Å². The third-order valence-electron chi connectivity index (χ3n) is 2.23. The van der Waals surface area contributed by atoms with Gasteiger partial charge in [-0.2, -0.15) is 5.10 Å². The van der Waals surface area contributed by atoms with Crippen LogP contribution in [0.1, 0.15) is 5.69 Å². The van der Waals surface area contributed by atoms with Gasteiger partial charge in [0.25, 0.3) is 0 Å². The number of nitrogens with two attached hydrogens (primary N) is 1. The fourth-order valence-electron chi connectivity index (χ4n) is 1.43. The molecule has 2 rings (SSSR count). The van der Waals surface area contributed by atoms with Crippen LogP contribution in [0.4, 0.5) is 10.1 Å². The summed E-state index contributed by atoms with van der Waals surface area (Å²) in [5.41, 5.74) is 6.76. The molecule has 0 unspecified atom stereocenters. The first-order valence-corrected chi connectivity index (χ1v) is 5.69. The van der Waals surface area contributed by atoms with Gasteiger partial charge in [-0.25, -0.2) is 9.07 Å². The maximum atomic E-state index is 13.2. The molecule has 2 aromatic rings. The maximum Gasteiger partial charge on any atom is 0.217 e. The highest BCUT2D eigenvalue weighted by Crippen LogP contribution is 2.32. The Balaban J connectivity index is 2.36. The van der Waals surface area contributed by atoms with Crippen LogP contribution in [0.3, 0.4) is 0 Å². The van der Waals surface area contributed by atoms with Crippen molar-refractivity contribution in [2.24, 2.45) is 7.05 Å². The second kappa shape index (κ2) is 4.37. The number of hydrogen-bond donors (Lipinski definition) is 1. The molecule has 17 heavy (non-hydrogen) atoms. The van der Waals surface area contributed by atoms with Gasteiger partial charge >= 0.3 is 0 Å². The number of ether oxygens (including phenoxy) is 1. The molecule has 90 valence electrons. The SMILES string of the molecule is Cc1cc(Oc2cc(Br)c(F)cc2N)n(C)n1. The summed E-state index contributed by atoms with van der Waals surface area (Å²) in [5.74, 6) is 0.519. The lowest BCUT2D eigenvalue weighted by Crippen LogP contribution is -1.98. The lowest BCUT2D eigenvalue weighted by Gasteiger charge is -2.09. The Hall–Kier alpha value is -1.56. The molecule has 0 amide bonds. The Morgan fingerprint density at radius 3 is 2.71 bits per heavy atom. The van der Waals surface area contributed by atoms with Crippen molar-refractivity contribution in [1.29, 1.82) is 0 Å². The standard InChI is InChI=1S/C11H11BrFN3O/c1-6-3-11(16(2)15-6)17-10-4-7(12)8(13)5-9(10)14/h3-5H,14H2,1-2H3. The van der Waals surface area contributed by atoms with Crippen LogP contribution in [0.5, 0.6) is 11.6 Å². The molecule has 0 aliphatic rings. The molecule has 0 fully saturated rings. The maximum absolute atomic E-state index is 13.2. The Morgan fingerprint density at radius 2 is 2.12 bits per heavy atom. The van der Waals surface area contributed by atoms with Crippen LogP contribution in [-0.2, 0) is 7.05 Å². The number of aromatic nitrogens is 2. The van der Waals surface area contributed by atoms with Gasteiger partial charge in [0.15, 0.2) is 5.75 Å². The van der Waals surface area contributed by atoms with Crippen molar-refractivity contribution in [3.8, 4) is 11.6 Å². The molecular formula is C11H11BrFN3O. The first kappa shape index (κ1) is 11.9. The molecule has 1 heterocycles. The van der Waals surface area contributed by atoms with Crippen molar-refractivity contribution >= 4 is 21.6 Å². The summed E-state index contributed by atoms with van der Waals surface area (Å²) < 4.78 is 20.7. The summed E-state index contributed by atoms with van der Waals surface area (Å²) in [4.78, 5) is 0. The van der Waals surface area contributed by atoms with Gasteiger partial charge in [-0.05, 0) is 22.9 Å². The number of benzene rings is 1. The Morgan fingerprint density at radius 1 is 1.41 bits per heavy atom. The summed E-state index contributed by atoms with van der Waals surface area (Å²) in [5, 5.41) is 4.14. The minimum Gasteiger partial charge on any atom is -0.437 e. The second-order valence-corrected chi connectivity index (χ2v) is 4.51. The smallest absolute Gasteiger partial charge is 0.217 e. The Kier molecular flexibility index (Phi) is 3.06. The van der Waals surface area contributed by atoms with Crippen LogP contribution in [0.2, 0.25) is 0 Å². The summed E-state index contributed by atoms with van der Waals surface area (Å²) >= 11 is 3.08. The molecular weight excluding hydrogens is 289 g/mol. The average Bonchev–Trinajstić information content (AvgIpc) is 2.54. The fourth-order valence-corrected chi connectivity index (χ4v) is 1.75. The first-order chi connectivity index (χ1) is 7.97. The van der Waals surface area contributed by atoms with Gasteiger partial charge in [-0.15, -0.1) is 0 Å². The molecule has 0 aliphatic carbocycles. The van der Waals surface area contributed by atoms with Crippen LogP contribution in [0.25, 0.3) is 0 Å². The number of anilines is 1. The van der Waals surface area contributed by atoms with Gasteiger partial charge in [0, 0.05) is 25.2 Å². The molecule has 0 spiro atoms. The van der Waals surface area contributed by atoms with Crippen LogP contribution < -0.4 is 10.5 Å². The zero-order valence-electron chi connectivity index (χ0n) is 9.37. The van der Waals surface area contributed by atoms with E-state index in [-0.39, 0.29) is 5.69 Å². The normalized spacial score (nSPS) is 10.6. The van der Waals surface area contributed by atoms with Crippen molar-refractivity contribution in [3.63, 3.8) is 0 Å². The van der Waals surface area contributed by atoms with Crippen molar-refractivity contribution in [2.45, 2.75) is 6.92 Å². The lowest BCUT2D eigenvalue weighted by molar-refractivity contribution is 0.431. The van der Waals surface area contributed by atoms with E-state index >= 15 is 0 Å². The number of hydrogen-bond acceptors (Lipinski definition) is 3. The zero-order valence-corrected chi connectivity index (χ0v) is 11.0. The highest BCUT2D eigenvalue weighted by atomic mass is 79.9. The van der Waals surface area contributed by atoms with Gasteiger partial charge in [0.2, 0.25) is 5.88 Å². The summed E-state index contributed by atoms with van der Waals surface area (Å²) in [6.45, 7) is 1.86. The van der Waals surface area contributed by atoms with E-state index in [9.17, 15) is 4.39 Å². The summed E-state index contributed by atoms with van der Waals surface area (Å²) in [7, 11) is 1.76. The molecule has 1 aromatic carbocycles. The van der Waals surface area contributed by atoms with Gasteiger partial charge < -0.3 is 10.5 Å². The Labute approximate surface area is 106 Å². The molecule has 4 nitrogen and oxygen atoms in total. The molecule has 0 atom stereocenters. The van der Waals surface area contributed by atoms with Gasteiger partial charge in [0.1, 0.15) is 5.82 Å². The van der Waals surface area contributed by atoms with Crippen LogP contribution in [0.15, 0.2) is 22.7 Å². The fraction of sp³-hybridized carbons (Fsp3) is 0.182. The molecule has 0 saturated carbocycles. The van der Waals surface area contributed by atoms with Gasteiger partial charge in [0.05, 0.1) is 15.9 Å². The minimum atomic E-state index is -0.420. The van der Waals surface area contributed by atoms with E-state index < -0.39 is 5.82 Å². The van der Waals surface area contributed by atoms with Crippen LogP contribution in [-0.4, -0.2) is 9.78 Å². The van der Waals surface area contributed by atoms with Gasteiger partial charge in [-0.1, -0.05) is 0 Å². The van der Waals surface area contributed by atoms with E-state index in [1.807, 2.05) is 6.92 Å². The van der Waals surface area contributed by atoms with E-state index in [0.717, 1.165) is 5.69 Å². The zero-order chi connectivity index (χ0) is 12.6. The number of nitrogens with zero attached hydrogens (tertiary/aromatic N) is 2. The van der Waals surface area contributed by atoms with Crippen molar-refractivity contribution < 1.29 is 9.13 Å². The molecule has 6 heteroatoms. The summed E-state index contributed by atoms with van der Waals surface area (Å²) in [6.07, 6.45) is 0. The Bertz CT molecular complexity index is 568. The number of aryl methyl sites for hydroxylation is 2. The van der Waals surface area contributed by atoms with E-state index in [1.165, 1.54) is 12.1 Å². The molecule has 2 N–H and O–H groups in total. The predicted molar refractivity (Wildman–Crippen MR) is 66.5 cm³/mol. The van der Waals surface area contributed by atoms with E-state index in [2.05, 4.69) is 21.0 Å².